The van der Waals surface area contributed by atoms with Gasteiger partial charge in [-0.2, -0.15) is 28.2 Å². The molecule has 1 amide bonds. The van der Waals surface area contributed by atoms with Crippen LogP contribution in [0.2, 0.25) is 0 Å². The number of carbonyl (C=O) groups excluding carboxylic acids is 1. The second kappa shape index (κ2) is 10.3. The van der Waals surface area contributed by atoms with Crippen LogP contribution in [0.25, 0.3) is 0 Å². The van der Waals surface area contributed by atoms with Gasteiger partial charge in [-0.15, -0.1) is 0 Å². The van der Waals surface area contributed by atoms with Gasteiger partial charge in [0.15, 0.2) is 11.5 Å². The average Bonchev–Trinajstić information content (AvgIpc) is 3.12. The van der Waals surface area contributed by atoms with Crippen LogP contribution >= 0.6 is 15.9 Å². The highest BCUT2D eigenvalue weighted by Crippen LogP contribution is 2.36. The van der Waals surface area contributed by atoms with Crippen molar-refractivity contribution in [2.75, 3.05) is 24.3 Å². The van der Waals surface area contributed by atoms with Crippen LogP contribution in [0.5, 0.6) is 11.9 Å². The quantitative estimate of drug-likeness (QED) is 0.403. The molecule has 1 unspecified atom stereocenters. The number of carbonyl (C=O) groups is 1. The van der Waals surface area contributed by atoms with E-state index in [-0.39, 0.29) is 38.5 Å². The van der Waals surface area contributed by atoms with Crippen molar-refractivity contribution in [3.8, 4) is 11.9 Å². The van der Waals surface area contributed by atoms with E-state index in [4.69, 9.17) is 9.47 Å². The molecule has 11 nitrogen and oxygen atoms in total. The molecule has 16 heteroatoms. The monoisotopic (exact) mass is 592 g/mol. The maximum atomic E-state index is 13.1. The molecule has 0 saturated carbocycles. The van der Waals surface area contributed by atoms with Crippen molar-refractivity contribution in [1.29, 1.82) is 0 Å². The largest absolute Gasteiger partial charge is 0.481 e. The van der Waals surface area contributed by atoms with E-state index in [1.807, 2.05) is 0 Å². The molecule has 3 aromatic rings. The summed E-state index contributed by atoms with van der Waals surface area (Å²) in [5.41, 5.74) is -0.799. The van der Waals surface area contributed by atoms with Gasteiger partial charge in [0, 0.05) is 11.8 Å². The van der Waals surface area contributed by atoms with Gasteiger partial charge >= 0.3 is 12.2 Å². The third-order valence-corrected chi connectivity index (χ3v) is 7.16. The summed E-state index contributed by atoms with van der Waals surface area (Å²) in [6, 6.07) is 5.17. The van der Waals surface area contributed by atoms with Gasteiger partial charge in [-0.3, -0.25) is 14.2 Å². The number of alkyl halides is 3. The van der Waals surface area contributed by atoms with Crippen LogP contribution in [-0.4, -0.2) is 48.3 Å². The van der Waals surface area contributed by atoms with Crippen molar-refractivity contribution in [3.05, 3.63) is 46.2 Å². The minimum absolute atomic E-state index is 0.0773. The number of halogens is 4. The zero-order chi connectivity index (χ0) is 26.8. The second-order valence-corrected chi connectivity index (χ2v) is 9.74. The van der Waals surface area contributed by atoms with E-state index in [0.717, 1.165) is 4.68 Å². The number of anilines is 2. The van der Waals surface area contributed by atoms with Gasteiger partial charge in [-0.25, -0.2) is 8.42 Å². The average molecular weight is 593 g/mol. The minimum Gasteiger partial charge on any atom is -0.481 e. The Labute approximate surface area is 212 Å². The molecule has 0 aliphatic heterocycles. The van der Waals surface area contributed by atoms with Crippen LogP contribution < -0.4 is 19.5 Å². The molecule has 36 heavy (non-hydrogen) atoms. The number of rotatable bonds is 8. The predicted molar refractivity (Wildman–Crippen MR) is 125 cm³/mol. The van der Waals surface area contributed by atoms with Crippen molar-refractivity contribution >= 4 is 43.4 Å². The SMILES string of the molecule is COc1cc(NS(=O)(=O)c2ccc(NC(=O)C(C)n3nc(C(F)(F)F)c(Br)c3C)cc2)nc(OC)n1. The van der Waals surface area contributed by atoms with Crippen molar-refractivity contribution in [2.24, 2.45) is 0 Å². The van der Waals surface area contributed by atoms with Crippen LogP contribution in [-0.2, 0) is 21.0 Å². The Hall–Kier alpha value is -3.40. The Morgan fingerprint density at radius 2 is 1.78 bits per heavy atom. The lowest BCUT2D eigenvalue weighted by Crippen LogP contribution is -2.25. The van der Waals surface area contributed by atoms with E-state index in [1.165, 1.54) is 58.4 Å². The first-order valence-corrected chi connectivity index (χ1v) is 12.3. The third kappa shape index (κ3) is 5.87. The normalized spacial score (nSPS) is 12.7. The van der Waals surface area contributed by atoms with E-state index in [9.17, 15) is 26.4 Å². The number of amides is 1. The Morgan fingerprint density at radius 1 is 1.14 bits per heavy atom. The Morgan fingerprint density at radius 3 is 2.31 bits per heavy atom. The fourth-order valence-corrected chi connectivity index (χ4v) is 4.46. The van der Waals surface area contributed by atoms with Gasteiger partial charge in [-0.05, 0) is 54.0 Å². The standard InChI is InChI=1S/C20H20BrF3N6O5S/c1-10-16(21)17(20(22,23)24)28-30(10)11(2)18(31)25-12-5-7-13(8-6-12)36(32,33)29-14-9-15(34-3)27-19(26-14)35-4/h5-9,11H,1-4H3,(H,25,31)(H,26,27,29). The zero-order valence-electron chi connectivity index (χ0n) is 19.2. The summed E-state index contributed by atoms with van der Waals surface area (Å²) in [4.78, 5) is 20.3. The van der Waals surface area contributed by atoms with Crippen molar-refractivity contribution < 1.29 is 35.9 Å². The number of hydrogen-bond donors (Lipinski definition) is 2. The summed E-state index contributed by atoms with van der Waals surface area (Å²) < 4.78 is 77.7. The number of methoxy groups -OCH3 is 2. The third-order valence-electron chi connectivity index (χ3n) is 4.84. The first kappa shape index (κ1) is 27.2. The molecular weight excluding hydrogens is 573 g/mol. The number of nitrogens with one attached hydrogen (secondary N) is 2. The molecule has 194 valence electrons. The number of hydrogen-bond acceptors (Lipinski definition) is 8. The van der Waals surface area contributed by atoms with Crippen LogP contribution in [0.1, 0.15) is 24.4 Å². The second-order valence-electron chi connectivity index (χ2n) is 7.27. The fourth-order valence-electron chi connectivity index (χ4n) is 2.98. The molecule has 0 aliphatic carbocycles. The van der Waals surface area contributed by atoms with E-state index in [2.05, 4.69) is 41.0 Å². The van der Waals surface area contributed by atoms with Crippen molar-refractivity contribution in [3.63, 3.8) is 0 Å². The predicted octanol–water partition coefficient (Wildman–Crippen LogP) is 3.78. The van der Waals surface area contributed by atoms with Gasteiger partial charge in [0.05, 0.1) is 29.3 Å². The first-order chi connectivity index (χ1) is 16.8. The van der Waals surface area contributed by atoms with E-state index >= 15 is 0 Å². The lowest BCUT2D eigenvalue weighted by atomic mass is 10.2. The molecule has 2 aromatic heterocycles. The molecule has 2 N–H and O–H groups in total. The Balaban J connectivity index is 1.75. The highest BCUT2D eigenvalue weighted by atomic mass is 79.9. The van der Waals surface area contributed by atoms with Gasteiger partial charge in [0.25, 0.3) is 10.0 Å². The number of ether oxygens (including phenoxy) is 2. The Kier molecular flexibility index (Phi) is 7.78. The van der Waals surface area contributed by atoms with Gasteiger partial charge in [0.1, 0.15) is 6.04 Å². The van der Waals surface area contributed by atoms with Crippen LogP contribution in [0.15, 0.2) is 39.7 Å². The molecular formula is C20H20BrF3N6O5S. The lowest BCUT2D eigenvalue weighted by molar-refractivity contribution is -0.142. The molecule has 1 atom stereocenters. The molecule has 0 aliphatic rings. The fraction of sp³-hybridized carbons (Fsp3) is 0.300. The summed E-state index contributed by atoms with van der Waals surface area (Å²) in [5.74, 6) is -0.673. The molecule has 0 spiro atoms. The first-order valence-electron chi connectivity index (χ1n) is 9.99. The van der Waals surface area contributed by atoms with Gasteiger partial charge < -0.3 is 14.8 Å². The lowest BCUT2D eigenvalue weighted by Gasteiger charge is -2.15. The van der Waals surface area contributed by atoms with Gasteiger partial charge in [0.2, 0.25) is 11.8 Å². The smallest absolute Gasteiger partial charge is 0.436 e. The van der Waals surface area contributed by atoms with Crippen LogP contribution in [0.3, 0.4) is 0 Å². The van der Waals surface area contributed by atoms with Crippen molar-refractivity contribution in [2.45, 2.75) is 31.0 Å². The van der Waals surface area contributed by atoms with E-state index < -0.39 is 33.8 Å². The summed E-state index contributed by atoms with van der Waals surface area (Å²) >= 11 is 2.87. The number of nitrogens with zero attached hydrogens (tertiary/aromatic N) is 4. The molecule has 0 bridgehead atoms. The molecule has 2 heterocycles. The molecule has 0 saturated heterocycles. The van der Waals surface area contributed by atoms with Crippen LogP contribution in [0, 0.1) is 6.92 Å². The van der Waals surface area contributed by atoms with Gasteiger partial charge in [-0.1, -0.05) is 0 Å². The highest BCUT2D eigenvalue weighted by molar-refractivity contribution is 9.10. The minimum atomic E-state index is -4.69. The molecule has 3 rings (SSSR count). The molecule has 0 fully saturated rings. The summed E-state index contributed by atoms with van der Waals surface area (Å²) in [6.07, 6.45) is -4.69. The van der Waals surface area contributed by atoms with E-state index in [0.29, 0.717) is 0 Å². The molecule has 0 radical (unpaired) electrons. The van der Waals surface area contributed by atoms with Crippen molar-refractivity contribution in [1.82, 2.24) is 19.7 Å². The Bertz CT molecular complexity index is 1360. The number of benzene rings is 1. The number of sulfonamides is 1. The maximum Gasteiger partial charge on any atom is 0.436 e. The van der Waals surface area contributed by atoms with E-state index in [1.54, 1.807) is 0 Å². The summed E-state index contributed by atoms with van der Waals surface area (Å²) in [6.45, 7) is 2.78. The van der Waals surface area contributed by atoms with Crippen LogP contribution in [0.4, 0.5) is 24.7 Å². The maximum absolute atomic E-state index is 13.1. The highest BCUT2D eigenvalue weighted by Gasteiger charge is 2.39. The molecule has 1 aromatic carbocycles. The zero-order valence-corrected chi connectivity index (χ0v) is 21.6. The number of aromatic nitrogens is 4. The summed E-state index contributed by atoms with van der Waals surface area (Å²) in [7, 11) is -1.43. The topological polar surface area (TPSA) is 137 Å². The summed E-state index contributed by atoms with van der Waals surface area (Å²) in [5, 5.41) is 6.05.